The van der Waals surface area contributed by atoms with Crippen molar-refractivity contribution in [3.8, 4) is 5.75 Å². The Hall–Kier alpha value is -4.11. The average molecular weight is 499 g/mol. The Balaban J connectivity index is 1.46. The number of methoxy groups -OCH3 is 1. The molecular weight excluding hydrogens is 472 g/mol. The van der Waals surface area contributed by atoms with Crippen molar-refractivity contribution in [2.75, 3.05) is 17.7 Å². The summed E-state index contributed by atoms with van der Waals surface area (Å²) in [5, 5.41) is 11.8. The molecule has 0 spiro atoms. The van der Waals surface area contributed by atoms with Crippen molar-refractivity contribution in [2.45, 2.75) is 30.8 Å². The van der Waals surface area contributed by atoms with Gasteiger partial charge in [-0.2, -0.15) is 4.98 Å². The predicted octanol–water partition coefficient (Wildman–Crippen LogP) is 5.21. The highest BCUT2D eigenvalue weighted by molar-refractivity contribution is 7.98. The zero-order chi connectivity index (χ0) is 25.1. The number of nitrogens with zero attached hydrogens (tertiary/aromatic N) is 4. The zero-order valence-corrected chi connectivity index (χ0v) is 21.0. The summed E-state index contributed by atoms with van der Waals surface area (Å²) in [6.45, 7) is 3.85. The second-order valence-electron chi connectivity index (χ2n) is 8.42. The number of aromatic nitrogens is 4. The number of allylic oxidation sites excluding steroid dienone is 1. The van der Waals surface area contributed by atoms with Gasteiger partial charge in [0.05, 0.1) is 12.7 Å². The number of carbonyl (C=O) groups excluding carboxylic acids is 1. The lowest BCUT2D eigenvalue weighted by Gasteiger charge is -2.28. The first-order chi connectivity index (χ1) is 17.5. The maximum Gasteiger partial charge on any atom is 0.255 e. The van der Waals surface area contributed by atoms with Crippen LogP contribution >= 0.6 is 11.8 Å². The van der Waals surface area contributed by atoms with Crippen molar-refractivity contribution in [3.05, 3.63) is 101 Å². The second-order valence-corrected chi connectivity index (χ2v) is 9.37. The van der Waals surface area contributed by atoms with E-state index in [1.165, 1.54) is 11.8 Å². The largest absolute Gasteiger partial charge is 0.497 e. The molecule has 1 atom stereocenters. The SMILES string of the molecule is COc1cccc(CSc2nc3n(n2)[C@@H](c2cccnc2)C(C(=O)Nc2ccccc2C)=C(C)N3)c1. The van der Waals surface area contributed by atoms with Crippen molar-refractivity contribution in [1.29, 1.82) is 0 Å². The normalized spacial score (nSPS) is 14.7. The van der Waals surface area contributed by atoms with Gasteiger partial charge >= 0.3 is 0 Å². The number of thioether (sulfide) groups is 1. The van der Waals surface area contributed by atoms with Crippen molar-refractivity contribution in [1.82, 2.24) is 19.7 Å². The molecule has 1 aliphatic heterocycles. The number of hydrogen-bond donors (Lipinski definition) is 2. The number of amides is 1. The summed E-state index contributed by atoms with van der Waals surface area (Å²) in [7, 11) is 1.66. The topological polar surface area (TPSA) is 94.0 Å². The summed E-state index contributed by atoms with van der Waals surface area (Å²) in [4.78, 5) is 22.6. The van der Waals surface area contributed by atoms with Gasteiger partial charge in [-0.05, 0) is 54.8 Å². The Morgan fingerprint density at radius 2 is 2.00 bits per heavy atom. The van der Waals surface area contributed by atoms with Gasteiger partial charge in [-0.15, -0.1) is 5.10 Å². The average Bonchev–Trinajstić information content (AvgIpc) is 3.31. The van der Waals surface area contributed by atoms with Gasteiger partial charge in [0.1, 0.15) is 11.8 Å². The Morgan fingerprint density at radius 3 is 2.78 bits per heavy atom. The third-order valence-electron chi connectivity index (χ3n) is 5.97. The van der Waals surface area contributed by atoms with Crippen LogP contribution in [0.15, 0.2) is 89.5 Å². The predicted molar refractivity (Wildman–Crippen MR) is 141 cm³/mol. The van der Waals surface area contributed by atoms with E-state index in [0.717, 1.165) is 33.8 Å². The van der Waals surface area contributed by atoms with Crippen LogP contribution in [0.3, 0.4) is 0 Å². The molecular formula is C27H26N6O2S. The number of nitrogens with one attached hydrogen (secondary N) is 2. The lowest BCUT2D eigenvalue weighted by Crippen LogP contribution is -2.31. The molecule has 3 heterocycles. The number of ether oxygens (including phenoxy) is 1. The van der Waals surface area contributed by atoms with Crippen LogP contribution in [0.2, 0.25) is 0 Å². The molecule has 0 bridgehead atoms. The number of hydrogen-bond acceptors (Lipinski definition) is 7. The monoisotopic (exact) mass is 498 g/mol. The van der Waals surface area contributed by atoms with E-state index in [1.54, 1.807) is 24.2 Å². The van der Waals surface area contributed by atoms with Gasteiger partial charge in [0.2, 0.25) is 11.1 Å². The van der Waals surface area contributed by atoms with Crippen LogP contribution in [0.5, 0.6) is 5.75 Å². The van der Waals surface area contributed by atoms with Gasteiger partial charge in [-0.1, -0.05) is 48.2 Å². The smallest absolute Gasteiger partial charge is 0.255 e. The molecule has 1 amide bonds. The molecule has 0 fully saturated rings. The van der Waals surface area contributed by atoms with Gasteiger partial charge < -0.3 is 15.4 Å². The molecule has 182 valence electrons. The highest BCUT2D eigenvalue weighted by atomic mass is 32.2. The van der Waals surface area contributed by atoms with Crippen LogP contribution < -0.4 is 15.4 Å². The summed E-state index contributed by atoms with van der Waals surface area (Å²) in [6.07, 6.45) is 3.48. The fraction of sp³-hybridized carbons (Fsp3) is 0.185. The maximum atomic E-state index is 13.6. The van der Waals surface area contributed by atoms with Crippen LogP contribution in [0.4, 0.5) is 11.6 Å². The number of pyridine rings is 1. The van der Waals surface area contributed by atoms with Crippen molar-refractivity contribution in [2.24, 2.45) is 0 Å². The molecule has 1 aliphatic rings. The van der Waals surface area contributed by atoms with Gasteiger partial charge in [0.25, 0.3) is 5.91 Å². The fourth-order valence-electron chi connectivity index (χ4n) is 4.15. The molecule has 4 aromatic rings. The van der Waals surface area contributed by atoms with E-state index in [2.05, 4.69) is 15.6 Å². The maximum absolute atomic E-state index is 13.6. The molecule has 0 saturated carbocycles. The molecule has 8 nitrogen and oxygen atoms in total. The third kappa shape index (κ3) is 4.83. The minimum atomic E-state index is -0.474. The number of aryl methyl sites for hydroxylation is 1. The molecule has 0 unspecified atom stereocenters. The van der Waals surface area contributed by atoms with Crippen molar-refractivity contribution < 1.29 is 9.53 Å². The van der Waals surface area contributed by atoms with Crippen molar-refractivity contribution in [3.63, 3.8) is 0 Å². The number of carbonyl (C=O) groups is 1. The summed E-state index contributed by atoms with van der Waals surface area (Å²) in [6, 6.07) is 19.0. The Kier molecular flexibility index (Phi) is 6.73. The van der Waals surface area contributed by atoms with Crippen LogP contribution in [0, 0.1) is 6.92 Å². The molecule has 9 heteroatoms. The number of fused-ring (bicyclic) bond motifs is 1. The van der Waals surface area contributed by atoms with E-state index in [-0.39, 0.29) is 5.91 Å². The van der Waals surface area contributed by atoms with Gasteiger partial charge in [0.15, 0.2) is 0 Å². The van der Waals surface area contributed by atoms with Gasteiger partial charge in [-0.25, -0.2) is 4.68 Å². The number of rotatable bonds is 7. The molecule has 2 aromatic heterocycles. The Morgan fingerprint density at radius 1 is 1.14 bits per heavy atom. The van der Waals surface area contributed by atoms with Crippen LogP contribution in [-0.4, -0.2) is 32.8 Å². The van der Waals surface area contributed by atoms with E-state index in [1.807, 2.05) is 74.5 Å². The lowest BCUT2D eigenvalue weighted by atomic mass is 9.96. The van der Waals surface area contributed by atoms with Gasteiger partial charge in [-0.3, -0.25) is 9.78 Å². The first kappa shape index (κ1) is 23.6. The number of benzene rings is 2. The minimum Gasteiger partial charge on any atom is -0.497 e. The van der Waals surface area contributed by atoms with Crippen LogP contribution in [-0.2, 0) is 10.5 Å². The second kappa shape index (κ2) is 10.2. The fourth-order valence-corrected chi connectivity index (χ4v) is 4.92. The van der Waals surface area contributed by atoms with Gasteiger partial charge in [0, 0.05) is 29.5 Å². The van der Waals surface area contributed by atoms with Crippen LogP contribution in [0.1, 0.15) is 29.7 Å². The summed E-state index contributed by atoms with van der Waals surface area (Å²) < 4.78 is 7.10. The molecule has 2 aromatic carbocycles. The summed E-state index contributed by atoms with van der Waals surface area (Å²) >= 11 is 1.53. The molecule has 5 rings (SSSR count). The quantitative estimate of drug-likeness (QED) is 0.338. The van der Waals surface area contributed by atoms with Crippen molar-refractivity contribution >= 4 is 29.3 Å². The van der Waals surface area contributed by atoms with E-state index in [0.29, 0.717) is 22.4 Å². The minimum absolute atomic E-state index is 0.199. The highest BCUT2D eigenvalue weighted by Crippen LogP contribution is 2.37. The Labute approximate surface area is 213 Å². The van der Waals surface area contributed by atoms with E-state index in [4.69, 9.17) is 14.8 Å². The van der Waals surface area contributed by atoms with E-state index >= 15 is 0 Å². The standard InChI is InChI=1S/C27H26N6O2S/c1-17-8-4-5-12-22(17)30-25(34)23-18(2)29-26-31-27(36-16-19-9-6-11-21(14-19)35-3)32-33(26)24(23)20-10-7-13-28-15-20/h4-15,24H,16H2,1-3H3,(H,30,34)(H,29,31,32)/t24-/m0/s1. The third-order valence-corrected chi connectivity index (χ3v) is 6.88. The molecule has 0 aliphatic carbocycles. The lowest BCUT2D eigenvalue weighted by molar-refractivity contribution is -0.113. The number of anilines is 2. The summed E-state index contributed by atoms with van der Waals surface area (Å²) in [5.41, 5.74) is 5.00. The zero-order valence-electron chi connectivity index (χ0n) is 20.2. The first-order valence-electron chi connectivity index (χ1n) is 11.5. The highest BCUT2D eigenvalue weighted by Gasteiger charge is 2.34. The molecule has 2 N–H and O–H groups in total. The Bertz CT molecular complexity index is 1430. The molecule has 0 radical (unpaired) electrons. The van der Waals surface area contributed by atoms with E-state index < -0.39 is 6.04 Å². The molecule has 0 saturated heterocycles. The first-order valence-corrected chi connectivity index (χ1v) is 12.5. The van der Waals surface area contributed by atoms with Crippen LogP contribution in [0.25, 0.3) is 0 Å². The van der Waals surface area contributed by atoms with E-state index in [9.17, 15) is 4.79 Å². The molecule has 36 heavy (non-hydrogen) atoms. The number of para-hydroxylation sites is 1. The summed E-state index contributed by atoms with van der Waals surface area (Å²) in [5.74, 6) is 1.88.